The fourth-order valence-electron chi connectivity index (χ4n) is 4.75. The molecule has 170 valence electrons. The van der Waals surface area contributed by atoms with Crippen LogP contribution in [0.4, 0.5) is 5.95 Å². The number of benzene rings is 2. The van der Waals surface area contributed by atoms with Crippen LogP contribution in [0, 0.1) is 0 Å². The van der Waals surface area contributed by atoms with Crippen molar-refractivity contribution in [1.82, 2.24) is 14.5 Å². The van der Waals surface area contributed by atoms with Crippen LogP contribution in [-0.2, 0) is 19.5 Å². The lowest BCUT2D eigenvalue weighted by molar-refractivity contribution is 0.249. The van der Waals surface area contributed by atoms with Crippen LogP contribution in [0.2, 0.25) is 0 Å². The Morgan fingerprint density at radius 2 is 1.76 bits per heavy atom. The Labute approximate surface area is 198 Å². The van der Waals surface area contributed by atoms with Crippen molar-refractivity contribution >= 4 is 27.5 Å². The average molecular weight is 459 g/mol. The Kier molecular flexibility index (Phi) is 6.29. The molecule has 5 rings (SSSR count). The number of nitrogens with zero attached hydrogens (tertiary/aromatic N) is 4. The number of rotatable bonds is 7. The monoisotopic (exact) mass is 458 g/mol. The molecule has 33 heavy (non-hydrogen) atoms. The van der Waals surface area contributed by atoms with Crippen LogP contribution in [0.3, 0.4) is 0 Å². The van der Waals surface area contributed by atoms with Crippen LogP contribution in [0.5, 0.6) is 0 Å². The number of para-hydroxylation sites is 1. The average Bonchev–Trinajstić information content (AvgIpc) is 3.21. The van der Waals surface area contributed by atoms with Gasteiger partial charge in [0.25, 0.3) is 5.56 Å². The normalized spacial score (nSPS) is 13.9. The molecule has 0 atom stereocenters. The summed E-state index contributed by atoms with van der Waals surface area (Å²) in [7, 11) is 0. The van der Waals surface area contributed by atoms with Gasteiger partial charge in [-0.25, -0.2) is 9.55 Å². The van der Waals surface area contributed by atoms with E-state index in [2.05, 4.69) is 54.0 Å². The molecule has 5 nitrogen and oxygen atoms in total. The second kappa shape index (κ2) is 9.49. The Bertz CT molecular complexity index is 1300. The van der Waals surface area contributed by atoms with Crippen molar-refractivity contribution in [3.8, 4) is 5.69 Å². The van der Waals surface area contributed by atoms with E-state index in [1.165, 1.54) is 16.0 Å². The Hall–Kier alpha value is -2.96. The maximum Gasteiger partial charge on any atom is 0.268 e. The largest absolute Gasteiger partial charge is 0.342 e. The lowest BCUT2D eigenvalue weighted by Crippen LogP contribution is -2.33. The van der Waals surface area contributed by atoms with Gasteiger partial charge < -0.3 is 4.90 Å². The van der Waals surface area contributed by atoms with Gasteiger partial charge in [-0.05, 0) is 43.0 Å². The first kappa shape index (κ1) is 21.9. The zero-order chi connectivity index (χ0) is 22.8. The fourth-order valence-corrected chi connectivity index (χ4v) is 6.00. The second-order valence-corrected chi connectivity index (χ2v) is 9.68. The molecule has 1 aliphatic heterocycles. The third kappa shape index (κ3) is 4.21. The van der Waals surface area contributed by atoms with E-state index < -0.39 is 0 Å². The summed E-state index contributed by atoms with van der Waals surface area (Å²) in [6, 6.07) is 20.6. The Morgan fingerprint density at radius 1 is 1.03 bits per heavy atom. The number of thiophene rings is 1. The van der Waals surface area contributed by atoms with Crippen molar-refractivity contribution in [3.05, 3.63) is 87.0 Å². The van der Waals surface area contributed by atoms with E-state index in [4.69, 9.17) is 4.98 Å². The minimum Gasteiger partial charge on any atom is -0.342 e. The summed E-state index contributed by atoms with van der Waals surface area (Å²) in [6.45, 7) is 8.74. The van der Waals surface area contributed by atoms with Crippen LogP contribution >= 0.6 is 11.3 Å². The van der Waals surface area contributed by atoms with Crippen LogP contribution in [0.15, 0.2) is 65.5 Å². The molecule has 0 unspecified atom stereocenters. The zero-order valence-electron chi connectivity index (χ0n) is 19.3. The number of hydrogen-bond donors (Lipinski definition) is 0. The predicted octanol–water partition coefficient (Wildman–Crippen LogP) is 5.24. The first-order chi connectivity index (χ1) is 16.2. The van der Waals surface area contributed by atoms with Gasteiger partial charge in [0.1, 0.15) is 4.83 Å². The van der Waals surface area contributed by atoms with Gasteiger partial charge in [-0.1, -0.05) is 55.5 Å². The standard InChI is InChI=1S/C27H30N4OS/c1-3-16-30(4-2)27-28-25-24(26(32)31(27)21-13-9-6-10-14-21)22-15-17-29(19-23(22)33-25)18-20-11-7-5-8-12-20/h5-14H,3-4,15-19H2,1-2H3. The third-order valence-electron chi connectivity index (χ3n) is 6.36. The second-order valence-electron chi connectivity index (χ2n) is 8.60. The highest BCUT2D eigenvalue weighted by Gasteiger charge is 2.26. The number of anilines is 1. The Balaban J connectivity index is 1.60. The summed E-state index contributed by atoms with van der Waals surface area (Å²) in [5.41, 5.74) is 3.46. The molecule has 1 aliphatic rings. The molecule has 0 fully saturated rings. The number of aromatic nitrogens is 2. The van der Waals surface area contributed by atoms with Gasteiger partial charge in [0, 0.05) is 37.6 Å². The molecule has 0 aliphatic carbocycles. The molecule has 0 radical (unpaired) electrons. The smallest absolute Gasteiger partial charge is 0.268 e. The molecule has 0 N–H and O–H groups in total. The van der Waals surface area contributed by atoms with Crippen LogP contribution in [0.1, 0.15) is 36.3 Å². The summed E-state index contributed by atoms with van der Waals surface area (Å²) < 4.78 is 1.82. The molecular weight excluding hydrogens is 428 g/mol. The highest BCUT2D eigenvalue weighted by atomic mass is 32.1. The molecule has 2 aromatic carbocycles. The van der Waals surface area contributed by atoms with Crippen molar-refractivity contribution in [1.29, 1.82) is 0 Å². The molecule has 4 aromatic rings. The maximum absolute atomic E-state index is 14.0. The summed E-state index contributed by atoms with van der Waals surface area (Å²) in [5, 5.41) is 0.814. The van der Waals surface area contributed by atoms with E-state index in [0.717, 1.165) is 67.4 Å². The van der Waals surface area contributed by atoms with Crippen molar-refractivity contribution in [2.45, 2.75) is 39.8 Å². The first-order valence-electron chi connectivity index (χ1n) is 11.8. The minimum atomic E-state index is 0.0600. The van der Waals surface area contributed by atoms with Crippen molar-refractivity contribution in [2.75, 3.05) is 24.5 Å². The SMILES string of the molecule is CCCN(CC)c1nc2sc3c(c2c(=O)n1-c1ccccc1)CCN(Cc1ccccc1)C3. The van der Waals surface area contributed by atoms with Crippen LogP contribution in [-0.4, -0.2) is 34.1 Å². The number of fused-ring (bicyclic) bond motifs is 3. The molecule has 3 heterocycles. The van der Waals surface area contributed by atoms with Gasteiger partial charge in [0.05, 0.1) is 11.1 Å². The van der Waals surface area contributed by atoms with E-state index in [-0.39, 0.29) is 5.56 Å². The van der Waals surface area contributed by atoms with Crippen molar-refractivity contribution in [3.63, 3.8) is 0 Å². The quantitative estimate of drug-likeness (QED) is 0.380. The summed E-state index contributed by atoms with van der Waals surface area (Å²) in [4.78, 5) is 25.9. The van der Waals surface area contributed by atoms with E-state index in [9.17, 15) is 4.79 Å². The summed E-state index contributed by atoms with van der Waals surface area (Å²) in [5.74, 6) is 0.753. The molecule has 6 heteroatoms. The lowest BCUT2D eigenvalue weighted by Gasteiger charge is -2.27. The van der Waals surface area contributed by atoms with E-state index in [1.54, 1.807) is 11.3 Å². The van der Waals surface area contributed by atoms with Gasteiger partial charge in [-0.3, -0.25) is 9.69 Å². The van der Waals surface area contributed by atoms with Gasteiger partial charge in [0.2, 0.25) is 5.95 Å². The highest BCUT2D eigenvalue weighted by molar-refractivity contribution is 7.18. The number of hydrogen-bond acceptors (Lipinski definition) is 5. The van der Waals surface area contributed by atoms with Gasteiger partial charge in [-0.2, -0.15) is 0 Å². The van der Waals surface area contributed by atoms with Gasteiger partial charge in [0.15, 0.2) is 0 Å². The summed E-state index contributed by atoms with van der Waals surface area (Å²) >= 11 is 1.70. The van der Waals surface area contributed by atoms with E-state index in [0.29, 0.717) is 0 Å². The van der Waals surface area contributed by atoms with Gasteiger partial charge >= 0.3 is 0 Å². The molecule has 0 amide bonds. The zero-order valence-corrected chi connectivity index (χ0v) is 20.1. The van der Waals surface area contributed by atoms with Crippen LogP contribution in [0.25, 0.3) is 15.9 Å². The molecule has 0 spiro atoms. The first-order valence-corrected chi connectivity index (χ1v) is 12.6. The minimum absolute atomic E-state index is 0.0600. The van der Waals surface area contributed by atoms with Gasteiger partial charge in [-0.15, -0.1) is 11.3 Å². The van der Waals surface area contributed by atoms with Crippen molar-refractivity contribution < 1.29 is 0 Å². The third-order valence-corrected chi connectivity index (χ3v) is 7.47. The van der Waals surface area contributed by atoms with Crippen molar-refractivity contribution in [2.24, 2.45) is 0 Å². The summed E-state index contributed by atoms with van der Waals surface area (Å²) in [6.07, 6.45) is 1.89. The molecule has 2 aromatic heterocycles. The molecule has 0 bridgehead atoms. The van der Waals surface area contributed by atoms with E-state index in [1.807, 2.05) is 34.9 Å². The fraction of sp³-hybridized carbons (Fsp3) is 0.333. The lowest BCUT2D eigenvalue weighted by atomic mass is 10.0. The highest BCUT2D eigenvalue weighted by Crippen LogP contribution is 2.34. The van der Waals surface area contributed by atoms with E-state index >= 15 is 0 Å². The molecule has 0 saturated heterocycles. The molecule has 0 saturated carbocycles. The topological polar surface area (TPSA) is 41.4 Å². The van der Waals surface area contributed by atoms with Crippen LogP contribution < -0.4 is 10.5 Å². The molecular formula is C27H30N4OS. The maximum atomic E-state index is 14.0. The Morgan fingerprint density at radius 3 is 2.45 bits per heavy atom. The predicted molar refractivity (Wildman–Crippen MR) is 138 cm³/mol.